The van der Waals surface area contributed by atoms with Crippen molar-refractivity contribution in [1.82, 2.24) is 14.7 Å². The van der Waals surface area contributed by atoms with Crippen molar-refractivity contribution in [2.45, 2.75) is 44.5 Å². The van der Waals surface area contributed by atoms with Crippen molar-refractivity contribution in [2.75, 3.05) is 27.7 Å². The summed E-state index contributed by atoms with van der Waals surface area (Å²) < 4.78 is 7.50. The van der Waals surface area contributed by atoms with Gasteiger partial charge in [-0.3, -0.25) is 4.68 Å². The molecule has 0 radical (unpaired) electrons. The standard InChI is InChI=1S/C14H26ClN3O/c1-11(15)9-14(2,3)13-12(19-6)10-16-18(13)8-7-17(4)5/h10-11H,7-9H2,1-6H3. The van der Waals surface area contributed by atoms with Gasteiger partial charge in [-0.2, -0.15) is 5.10 Å². The highest BCUT2D eigenvalue weighted by atomic mass is 35.5. The second kappa shape index (κ2) is 6.62. The SMILES string of the molecule is COc1cnn(CCN(C)C)c1C(C)(C)CC(C)Cl. The van der Waals surface area contributed by atoms with Crippen LogP contribution in [-0.4, -0.2) is 47.8 Å². The molecule has 0 aliphatic rings. The highest BCUT2D eigenvalue weighted by Crippen LogP contribution is 2.36. The van der Waals surface area contributed by atoms with E-state index in [1.807, 2.05) is 11.6 Å². The largest absolute Gasteiger partial charge is 0.493 e. The van der Waals surface area contributed by atoms with Gasteiger partial charge in [-0.15, -0.1) is 11.6 Å². The van der Waals surface area contributed by atoms with Crippen LogP contribution in [0, 0.1) is 0 Å². The number of nitrogens with zero attached hydrogens (tertiary/aromatic N) is 3. The molecule has 0 aliphatic carbocycles. The molecule has 19 heavy (non-hydrogen) atoms. The van der Waals surface area contributed by atoms with Crippen LogP contribution in [0.5, 0.6) is 5.75 Å². The molecular weight excluding hydrogens is 262 g/mol. The molecule has 0 fully saturated rings. The van der Waals surface area contributed by atoms with Crippen molar-refractivity contribution in [1.29, 1.82) is 0 Å². The first-order valence-electron chi connectivity index (χ1n) is 6.67. The van der Waals surface area contributed by atoms with Crippen LogP contribution in [0.3, 0.4) is 0 Å². The molecule has 1 aromatic rings. The number of alkyl halides is 1. The minimum absolute atomic E-state index is 0.0602. The van der Waals surface area contributed by atoms with E-state index in [1.54, 1.807) is 13.3 Å². The van der Waals surface area contributed by atoms with Crippen LogP contribution in [0.25, 0.3) is 0 Å². The first-order valence-corrected chi connectivity index (χ1v) is 7.10. The van der Waals surface area contributed by atoms with E-state index in [2.05, 4.69) is 37.9 Å². The van der Waals surface area contributed by atoms with Crippen LogP contribution in [0.2, 0.25) is 0 Å². The highest BCUT2D eigenvalue weighted by molar-refractivity contribution is 6.20. The maximum absolute atomic E-state index is 6.18. The van der Waals surface area contributed by atoms with Crippen LogP contribution < -0.4 is 4.74 Å². The van der Waals surface area contributed by atoms with Crippen LogP contribution >= 0.6 is 11.6 Å². The molecule has 0 N–H and O–H groups in total. The Kier molecular flexibility index (Phi) is 5.68. The first-order chi connectivity index (χ1) is 8.77. The fraction of sp³-hybridized carbons (Fsp3) is 0.786. The third-order valence-corrected chi connectivity index (χ3v) is 3.37. The lowest BCUT2D eigenvalue weighted by Gasteiger charge is -2.28. The average molecular weight is 288 g/mol. The van der Waals surface area contributed by atoms with Gasteiger partial charge in [0, 0.05) is 17.3 Å². The molecule has 1 rings (SSSR count). The number of ether oxygens (including phenoxy) is 1. The summed E-state index contributed by atoms with van der Waals surface area (Å²) in [5.41, 5.74) is 1.07. The van der Waals surface area contributed by atoms with E-state index in [4.69, 9.17) is 16.3 Å². The molecule has 110 valence electrons. The molecule has 0 bridgehead atoms. The number of rotatable bonds is 7. The van der Waals surface area contributed by atoms with Crippen molar-refractivity contribution in [2.24, 2.45) is 0 Å². The van der Waals surface area contributed by atoms with E-state index in [0.717, 1.165) is 31.0 Å². The zero-order valence-electron chi connectivity index (χ0n) is 12.9. The van der Waals surface area contributed by atoms with Crippen molar-refractivity contribution >= 4 is 11.6 Å². The molecule has 1 unspecified atom stereocenters. The van der Waals surface area contributed by atoms with E-state index < -0.39 is 0 Å². The third-order valence-electron chi connectivity index (χ3n) is 3.22. The van der Waals surface area contributed by atoms with E-state index in [-0.39, 0.29) is 10.8 Å². The van der Waals surface area contributed by atoms with Gasteiger partial charge in [0.25, 0.3) is 0 Å². The minimum Gasteiger partial charge on any atom is -0.493 e. The Bertz CT molecular complexity index is 399. The molecule has 0 aliphatic heterocycles. The second-order valence-electron chi connectivity index (χ2n) is 5.96. The van der Waals surface area contributed by atoms with Gasteiger partial charge >= 0.3 is 0 Å². The van der Waals surface area contributed by atoms with Gasteiger partial charge in [0.05, 0.1) is 25.5 Å². The van der Waals surface area contributed by atoms with Gasteiger partial charge in [-0.05, 0) is 27.4 Å². The Morgan fingerprint density at radius 2 is 2.11 bits per heavy atom. The summed E-state index contributed by atoms with van der Waals surface area (Å²) in [5, 5.41) is 4.58. The summed E-state index contributed by atoms with van der Waals surface area (Å²) in [4.78, 5) is 2.15. The zero-order chi connectivity index (χ0) is 14.6. The quantitative estimate of drug-likeness (QED) is 0.723. The Hall–Kier alpha value is -0.740. The summed E-state index contributed by atoms with van der Waals surface area (Å²) in [6.07, 6.45) is 2.68. The second-order valence-corrected chi connectivity index (χ2v) is 6.70. The fourth-order valence-corrected chi connectivity index (χ4v) is 2.85. The van der Waals surface area contributed by atoms with E-state index in [9.17, 15) is 0 Å². The van der Waals surface area contributed by atoms with E-state index in [0.29, 0.717) is 0 Å². The number of halogens is 1. The van der Waals surface area contributed by atoms with Crippen LogP contribution in [0.1, 0.15) is 32.9 Å². The van der Waals surface area contributed by atoms with Gasteiger partial charge in [0.15, 0.2) is 5.75 Å². The predicted octanol–water partition coefficient (Wildman–Crippen LogP) is 2.75. The summed E-state index contributed by atoms with van der Waals surface area (Å²) in [6, 6.07) is 0. The smallest absolute Gasteiger partial charge is 0.160 e. The number of methoxy groups -OCH3 is 1. The summed E-state index contributed by atoms with van der Waals surface area (Å²) in [7, 11) is 5.82. The molecule has 4 nitrogen and oxygen atoms in total. The summed E-state index contributed by atoms with van der Waals surface area (Å²) >= 11 is 6.18. The maximum atomic E-state index is 6.18. The van der Waals surface area contributed by atoms with Crippen molar-refractivity contribution in [3.8, 4) is 5.75 Å². The topological polar surface area (TPSA) is 30.3 Å². The first kappa shape index (κ1) is 16.3. The number of hydrogen-bond donors (Lipinski definition) is 0. The Balaban J connectivity index is 3.04. The molecule has 5 heteroatoms. The van der Waals surface area contributed by atoms with Crippen LogP contribution in [0.4, 0.5) is 0 Å². The van der Waals surface area contributed by atoms with Gasteiger partial charge in [-0.25, -0.2) is 0 Å². The van der Waals surface area contributed by atoms with Crippen LogP contribution in [-0.2, 0) is 12.0 Å². The lowest BCUT2D eigenvalue weighted by atomic mass is 9.84. The van der Waals surface area contributed by atoms with Gasteiger partial charge in [0.1, 0.15) is 0 Å². The van der Waals surface area contributed by atoms with Gasteiger partial charge in [0.2, 0.25) is 0 Å². The lowest BCUT2D eigenvalue weighted by Crippen LogP contribution is -2.28. The van der Waals surface area contributed by atoms with Crippen molar-refractivity contribution in [3.05, 3.63) is 11.9 Å². The fourth-order valence-electron chi connectivity index (χ4n) is 2.46. The molecule has 0 saturated heterocycles. The summed E-state index contributed by atoms with van der Waals surface area (Å²) in [6.45, 7) is 8.21. The molecule has 1 atom stereocenters. The zero-order valence-corrected chi connectivity index (χ0v) is 13.7. The molecular formula is C14H26ClN3O. The molecule has 1 heterocycles. The molecule has 0 aromatic carbocycles. The van der Waals surface area contributed by atoms with Gasteiger partial charge in [-0.1, -0.05) is 13.8 Å². The maximum Gasteiger partial charge on any atom is 0.160 e. The minimum atomic E-state index is -0.0602. The van der Waals surface area contributed by atoms with E-state index in [1.165, 1.54) is 0 Å². The van der Waals surface area contributed by atoms with Crippen LogP contribution in [0.15, 0.2) is 6.20 Å². The Morgan fingerprint density at radius 3 is 2.58 bits per heavy atom. The monoisotopic (exact) mass is 287 g/mol. The summed E-state index contributed by atoms with van der Waals surface area (Å²) in [5.74, 6) is 0.848. The van der Waals surface area contributed by atoms with E-state index >= 15 is 0 Å². The Morgan fingerprint density at radius 1 is 1.47 bits per heavy atom. The van der Waals surface area contributed by atoms with Gasteiger partial charge < -0.3 is 9.64 Å². The predicted molar refractivity (Wildman–Crippen MR) is 80.3 cm³/mol. The molecule has 0 spiro atoms. The molecule has 0 saturated carbocycles. The highest BCUT2D eigenvalue weighted by Gasteiger charge is 2.30. The van der Waals surface area contributed by atoms with Crippen molar-refractivity contribution in [3.63, 3.8) is 0 Å². The lowest BCUT2D eigenvalue weighted by molar-refractivity contribution is 0.339. The number of likely N-dealkylation sites (N-methyl/N-ethyl adjacent to an activating group) is 1. The molecule has 1 aromatic heterocycles. The molecule has 0 amide bonds. The van der Waals surface area contributed by atoms with Crippen molar-refractivity contribution < 1.29 is 4.74 Å². The number of hydrogen-bond acceptors (Lipinski definition) is 3. The average Bonchev–Trinajstić information content (AvgIpc) is 2.68. The Labute approximate surface area is 121 Å². The normalized spacial score (nSPS) is 13.9. The number of aromatic nitrogens is 2. The third kappa shape index (κ3) is 4.39.